The van der Waals surface area contributed by atoms with Gasteiger partial charge in [0.2, 0.25) is 0 Å². The van der Waals surface area contributed by atoms with Crippen LogP contribution in [0.4, 0.5) is 4.39 Å². The van der Waals surface area contributed by atoms with Gasteiger partial charge in [-0.1, -0.05) is 31.9 Å². The van der Waals surface area contributed by atoms with Crippen molar-refractivity contribution < 1.29 is 4.39 Å². The van der Waals surface area contributed by atoms with E-state index in [-0.39, 0.29) is 5.82 Å². The van der Waals surface area contributed by atoms with E-state index in [1.54, 1.807) is 6.07 Å². The summed E-state index contributed by atoms with van der Waals surface area (Å²) in [6.07, 6.45) is 11.0. The molecule has 1 heteroatoms. The van der Waals surface area contributed by atoms with Gasteiger partial charge in [0.25, 0.3) is 0 Å². The van der Waals surface area contributed by atoms with Gasteiger partial charge in [0.1, 0.15) is 5.82 Å². The Morgan fingerprint density at radius 2 is 1.43 bits per heavy atom. The van der Waals surface area contributed by atoms with E-state index >= 15 is 0 Å². The molecule has 0 nitrogen and oxygen atoms in total. The molecule has 0 spiro atoms. The lowest BCUT2D eigenvalue weighted by Gasteiger charge is -2.37. The van der Waals surface area contributed by atoms with Gasteiger partial charge in [-0.2, -0.15) is 0 Å². The molecule has 0 aliphatic heterocycles. The van der Waals surface area contributed by atoms with Gasteiger partial charge in [-0.25, -0.2) is 4.39 Å². The summed E-state index contributed by atoms with van der Waals surface area (Å²) in [4.78, 5) is 0. The molecule has 2 fully saturated rings. The zero-order chi connectivity index (χ0) is 14.8. The van der Waals surface area contributed by atoms with E-state index < -0.39 is 0 Å². The fraction of sp³-hybridized carbons (Fsp3) is 0.700. The minimum absolute atomic E-state index is 0.0316. The quantitative estimate of drug-likeness (QED) is 0.604. The fourth-order valence-corrected chi connectivity index (χ4v) is 4.73. The summed E-state index contributed by atoms with van der Waals surface area (Å²) in [5.74, 6) is 3.45. The van der Waals surface area contributed by atoms with Crippen molar-refractivity contribution in [3.05, 3.63) is 35.1 Å². The molecule has 116 valence electrons. The van der Waals surface area contributed by atoms with Crippen molar-refractivity contribution in [1.29, 1.82) is 0 Å². The van der Waals surface area contributed by atoms with Crippen LogP contribution in [0.5, 0.6) is 0 Å². The monoisotopic (exact) mass is 288 g/mol. The van der Waals surface area contributed by atoms with Crippen LogP contribution in [0, 0.1) is 30.5 Å². The Kier molecular flexibility index (Phi) is 4.66. The third-order valence-electron chi connectivity index (χ3n) is 6.25. The summed E-state index contributed by atoms with van der Waals surface area (Å²) >= 11 is 0. The van der Waals surface area contributed by atoms with Gasteiger partial charge in [-0.15, -0.1) is 0 Å². The van der Waals surface area contributed by atoms with Crippen molar-refractivity contribution in [1.82, 2.24) is 0 Å². The second kappa shape index (κ2) is 6.50. The maximum Gasteiger partial charge on any atom is 0.126 e. The van der Waals surface area contributed by atoms with Crippen LogP contribution in [-0.2, 0) is 0 Å². The predicted octanol–water partition coefficient (Wildman–Crippen LogP) is 6.23. The normalized spacial score (nSPS) is 33.9. The molecule has 2 saturated carbocycles. The average Bonchev–Trinajstić information content (AvgIpc) is 2.51. The van der Waals surface area contributed by atoms with Crippen LogP contribution >= 0.6 is 0 Å². The van der Waals surface area contributed by atoms with Crippen molar-refractivity contribution in [3.8, 4) is 0 Å². The van der Waals surface area contributed by atoms with E-state index in [4.69, 9.17) is 0 Å². The first-order valence-electron chi connectivity index (χ1n) is 8.90. The molecular formula is C20H29F. The molecule has 1 aromatic rings. The maximum absolute atomic E-state index is 13.7. The van der Waals surface area contributed by atoms with Gasteiger partial charge >= 0.3 is 0 Å². The minimum atomic E-state index is -0.0316. The highest BCUT2D eigenvalue weighted by molar-refractivity contribution is 5.30. The summed E-state index contributed by atoms with van der Waals surface area (Å²) in [5.41, 5.74) is 2.15. The molecule has 0 N–H and O–H groups in total. The largest absolute Gasteiger partial charge is 0.207 e. The highest BCUT2D eigenvalue weighted by Crippen LogP contribution is 2.44. The van der Waals surface area contributed by atoms with E-state index in [0.29, 0.717) is 5.92 Å². The first kappa shape index (κ1) is 15.1. The zero-order valence-electron chi connectivity index (χ0n) is 13.6. The Bertz CT molecular complexity index is 463. The molecule has 0 heterocycles. The summed E-state index contributed by atoms with van der Waals surface area (Å²) in [5, 5.41) is 0. The summed E-state index contributed by atoms with van der Waals surface area (Å²) in [6.45, 7) is 4.35. The maximum atomic E-state index is 13.7. The van der Waals surface area contributed by atoms with Crippen LogP contribution < -0.4 is 0 Å². The van der Waals surface area contributed by atoms with Crippen molar-refractivity contribution in [2.45, 2.75) is 71.1 Å². The Balaban J connectivity index is 1.59. The zero-order valence-corrected chi connectivity index (χ0v) is 13.6. The lowest BCUT2D eigenvalue weighted by Crippen LogP contribution is -2.25. The van der Waals surface area contributed by atoms with E-state index in [2.05, 4.69) is 13.0 Å². The number of hydrogen-bond acceptors (Lipinski definition) is 0. The standard InChI is InChI=1S/C20H29F/c1-14-6-8-16(9-7-14)17-10-12-18(13-11-17)19-4-3-5-20(21)15(19)2/h3-5,14,16-18H,6-13H2,1-2H3. The van der Waals surface area contributed by atoms with E-state index in [1.807, 2.05) is 13.0 Å². The van der Waals surface area contributed by atoms with Crippen molar-refractivity contribution in [2.24, 2.45) is 17.8 Å². The smallest absolute Gasteiger partial charge is 0.126 e. The van der Waals surface area contributed by atoms with Gasteiger partial charge in [0.15, 0.2) is 0 Å². The Morgan fingerprint density at radius 1 is 0.857 bits per heavy atom. The molecule has 0 aromatic heterocycles. The summed E-state index contributed by atoms with van der Waals surface area (Å²) < 4.78 is 13.7. The molecule has 0 bridgehead atoms. The molecule has 0 amide bonds. The first-order valence-corrected chi connectivity index (χ1v) is 8.90. The lowest BCUT2D eigenvalue weighted by atomic mass is 9.68. The lowest BCUT2D eigenvalue weighted by molar-refractivity contribution is 0.165. The van der Waals surface area contributed by atoms with Crippen molar-refractivity contribution in [2.75, 3.05) is 0 Å². The number of benzene rings is 1. The molecule has 0 atom stereocenters. The van der Waals surface area contributed by atoms with Crippen LogP contribution in [0.2, 0.25) is 0 Å². The van der Waals surface area contributed by atoms with Gasteiger partial charge in [-0.05, 0) is 86.3 Å². The van der Waals surface area contributed by atoms with Crippen LogP contribution in [0.3, 0.4) is 0 Å². The second-order valence-electron chi connectivity index (χ2n) is 7.59. The van der Waals surface area contributed by atoms with Gasteiger partial charge < -0.3 is 0 Å². The molecule has 2 aliphatic carbocycles. The van der Waals surface area contributed by atoms with Gasteiger partial charge in [0, 0.05) is 0 Å². The summed E-state index contributed by atoms with van der Waals surface area (Å²) in [7, 11) is 0. The van der Waals surface area contributed by atoms with E-state index in [9.17, 15) is 4.39 Å². The molecular weight excluding hydrogens is 259 g/mol. The Labute approximate surface area is 129 Å². The number of rotatable bonds is 2. The van der Waals surface area contributed by atoms with Crippen molar-refractivity contribution >= 4 is 0 Å². The Morgan fingerprint density at radius 3 is 2.05 bits per heavy atom. The van der Waals surface area contributed by atoms with Crippen molar-refractivity contribution in [3.63, 3.8) is 0 Å². The number of halogens is 1. The molecule has 21 heavy (non-hydrogen) atoms. The van der Waals surface area contributed by atoms with Gasteiger partial charge in [-0.3, -0.25) is 0 Å². The van der Waals surface area contributed by atoms with E-state index in [1.165, 1.54) is 56.9 Å². The highest BCUT2D eigenvalue weighted by atomic mass is 19.1. The summed E-state index contributed by atoms with van der Waals surface area (Å²) in [6, 6.07) is 5.62. The predicted molar refractivity (Wildman–Crippen MR) is 87.0 cm³/mol. The van der Waals surface area contributed by atoms with Crippen LogP contribution in [0.25, 0.3) is 0 Å². The van der Waals surface area contributed by atoms with Crippen LogP contribution in [0.15, 0.2) is 18.2 Å². The average molecular weight is 288 g/mol. The van der Waals surface area contributed by atoms with Crippen LogP contribution in [0.1, 0.15) is 75.3 Å². The molecule has 0 unspecified atom stereocenters. The van der Waals surface area contributed by atoms with Gasteiger partial charge in [0.05, 0.1) is 0 Å². The van der Waals surface area contributed by atoms with E-state index in [0.717, 1.165) is 23.3 Å². The molecule has 3 rings (SSSR count). The molecule has 2 aliphatic rings. The topological polar surface area (TPSA) is 0 Å². The first-order chi connectivity index (χ1) is 10.1. The third kappa shape index (κ3) is 3.33. The second-order valence-corrected chi connectivity index (χ2v) is 7.59. The molecule has 0 radical (unpaired) electrons. The Hall–Kier alpha value is -0.850. The number of hydrogen-bond donors (Lipinski definition) is 0. The van der Waals surface area contributed by atoms with Crippen LogP contribution in [-0.4, -0.2) is 0 Å². The minimum Gasteiger partial charge on any atom is -0.207 e. The third-order valence-corrected chi connectivity index (χ3v) is 6.25. The SMILES string of the molecule is Cc1c(F)cccc1C1CCC(C2CCC(C)CC2)CC1. The highest BCUT2D eigenvalue weighted by Gasteiger charge is 2.30. The molecule has 0 saturated heterocycles. The molecule has 1 aromatic carbocycles. The fourth-order valence-electron chi connectivity index (χ4n) is 4.73.